The van der Waals surface area contributed by atoms with Gasteiger partial charge in [-0.1, -0.05) is 12.1 Å². The fourth-order valence-electron chi connectivity index (χ4n) is 4.94. The van der Waals surface area contributed by atoms with E-state index in [1.54, 1.807) is 6.20 Å². The third-order valence-electron chi connectivity index (χ3n) is 6.98. The second-order valence-electron chi connectivity index (χ2n) is 9.33. The zero-order chi connectivity index (χ0) is 20.1. The van der Waals surface area contributed by atoms with Crippen molar-refractivity contribution in [3.05, 3.63) is 53.5 Å². The predicted molar refractivity (Wildman–Crippen MR) is 113 cm³/mol. The summed E-state index contributed by atoms with van der Waals surface area (Å²) >= 11 is 0. The fourth-order valence-corrected chi connectivity index (χ4v) is 4.94. The van der Waals surface area contributed by atoms with E-state index in [-0.39, 0.29) is 12.0 Å². The minimum Gasteiger partial charge on any atom is -0.472 e. The number of carbonyl (C=O) groups is 1. The second-order valence-corrected chi connectivity index (χ2v) is 9.33. The van der Waals surface area contributed by atoms with Crippen LogP contribution in [0.1, 0.15) is 65.6 Å². The standard InChI is InChI=1S/C24H28N4O2/c29-24(19-3-1-2-18(10-19)16-4-5-16)28-9-8-27-15-21(11-20(27)14-28)30-23-13-25-22(12-26-23)17-6-7-17/h1-3,10,12-13,16-17,20-21H,4-9,11,14-15H2/t20-,21+/m0/s1. The minimum atomic E-state index is 0.115. The molecule has 1 aromatic heterocycles. The molecule has 2 aliphatic carbocycles. The molecule has 2 saturated carbocycles. The number of rotatable bonds is 5. The third kappa shape index (κ3) is 3.69. The van der Waals surface area contributed by atoms with E-state index >= 15 is 0 Å². The Balaban J connectivity index is 1.08. The van der Waals surface area contributed by atoms with E-state index in [1.807, 2.05) is 23.2 Å². The Labute approximate surface area is 177 Å². The van der Waals surface area contributed by atoms with Gasteiger partial charge in [-0.05, 0) is 49.3 Å². The van der Waals surface area contributed by atoms with Crippen LogP contribution in [-0.4, -0.2) is 64.0 Å². The molecule has 0 spiro atoms. The molecule has 0 radical (unpaired) electrons. The topological polar surface area (TPSA) is 58.6 Å². The van der Waals surface area contributed by atoms with Gasteiger partial charge in [0.25, 0.3) is 5.91 Å². The number of carbonyl (C=O) groups excluding carboxylic acids is 1. The molecule has 2 saturated heterocycles. The highest BCUT2D eigenvalue weighted by atomic mass is 16.5. The van der Waals surface area contributed by atoms with Gasteiger partial charge >= 0.3 is 0 Å². The summed E-state index contributed by atoms with van der Waals surface area (Å²) in [5.74, 6) is 2.07. The number of ether oxygens (including phenoxy) is 1. The fraction of sp³-hybridized carbons (Fsp3) is 0.542. The Kier molecular flexibility index (Phi) is 4.48. The monoisotopic (exact) mass is 404 g/mol. The largest absolute Gasteiger partial charge is 0.472 e. The summed E-state index contributed by atoms with van der Waals surface area (Å²) in [6.45, 7) is 3.37. The molecule has 0 bridgehead atoms. The number of piperazine rings is 1. The molecular formula is C24H28N4O2. The summed E-state index contributed by atoms with van der Waals surface area (Å²) in [7, 11) is 0. The van der Waals surface area contributed by atoms with Crippen LogP contribution in [0.3, 0.4) is 0 Å². The van der Waals surface area contributed by atoms with Gasteiger partial charge in [-0.25, -0.2) is 4.98 Å². The van der Waals surface area contributed by atoms with E-state index in [0.717, 1.165) is 43.9 Å². The van der Waals surface area contributed by atoms with E-state index in [9.17, 15) is 4.79 Å². The summed E-state index contributed by atoms with van der Waals surface area (Å²) < 4.78 is 6.13. The van der Waals surface area contributed by atoms with Crippen molar-refractivity contribution in [1.29, 1.82) is 0 Å². The first kappa shape index (κ1) is 18.3. The molecule has 2 atom stereocenters. The van der Waals surface area contributed by atoms with Crippen molar-refractivity contribution in [3.63, 3.8) is 0 Å². The van der Waals surface area contributed by atoms with Crippen LogP contribution in [0.2, 0.25) is 0 Å². The first-order chi connectivity index (χ1) is 14.7. The van der Waals surface area contributed by atoms with E-state index in [2.05, 4.69) is 27.0 Å². The maximum Gasteiger partial charge on any atom is 0.253 e. The van der Waals surface area contributed by atoms with Crippen molar-refractivity contribution in [2.75, 3.05) is 26.2 Å². The van der Waals surface area contributed by atoms with Gasteiger partial charge in [0.2, 0.25) is 5.88 Å². The Morgan fingerprint density at radius 2 is 1.87 bits per heavy atom. The van der Waals surface area contributed by atoms with Crippen molar-refractivity contribution in [1.82, 2.24) is 19.8 Å². The number of hydrogen-bond donors (Lipinski definition) is 0. The summed E-state index contributed by atoms with van der Waals surface area (Å²) in [5.41, 5.74) is 3.25. The molecule has 30 heavy (non-hydrogen) atoms. The molecule has 0 N–H and O–H groups in total. The molecule has 3 heterocycles. The number of amides is 1. The first-order valence-electron chi connectivity index (χ1n) is 11.3. The molecule has 2 aliphatic heterocycles. The molecule has 2 aromatic rings. The molecule has 1 aromatic carbocycles. The normalized spacial score (nSPS) is 26.5. The Bertz CT molecular complexity index is 938. The van der Waals surface area contributed by atoms with Gasteiger partial charge in [-0.3, -0.25) is 14.7 Å². The molecule has 4 fully saturated rings. The summed E-state index contributed by atoms with van der Waals surface area (Å²) in [4.78, 5) is 26.6. The predicted octanol–water partition coefficient (Wildman–Crippen LogP) is 3.21. The number of hydrogen-bond acceptors (Lipinski definition) is 5. The zero-order valence-electron chi connectivity index (χ0n) is 17.2. The quantitative estimate of drug-likeness (QED) is 0.766. The molecule has 1 amide bonds. The highest BCUT2D eigenvalue weighted by Gasteiger charge is 2.39. The second kappa shape index (κ2) is 7.34. The summed E-state index contributed by atoms with van der Waals surface area (Å²) in [5, 5.41) is 0. The number of benzene rings is 1. The van der Waals surface area contributed by atoms with Crippen molar-refractivity contribution in [2.24, 2.45) is 0 Å². The molecule has 4 aliphatic rings. The minimum absolute atomic E-state index is 0.115. The number of fused-ring (bicyclic) bond motifs is 1. The van der Waals surface area contributed by atoms with Crippen molar-refractivity contribution >= 4 is 5.91 Å². The average Bonchev–Trinajstić information content (AvgIpc) is 3.69. The van der Waals surface area contributed by atoms with E-state index in [1.165, 1.54) is 31.2 Å². The average molecular weight is 405 g/mol. The van der Waals surface area contributed by atoms with E-state index < -0.39 is 0 Å². The number of aromatic nitrogens is 2. The van der Waals surface area contributed by atoms with Gasteiger partial charge in [0, 0.05) is 50.1 Å². The Morgan fingerprint density at radius 1 is 1.00 bits per heavy atom. The van der Waals surface area contributed by atoms with Gasteiger partial charge < -0.3 is 9.64 Å². The first-order valence-corrected chi connectivity index (χ1v) is 11.3. The smallest absolute Gasteiger partial charge is 0.253 e. The molecular weight excluding hydrogens is 376 g/mol. The number of nitrogens with zero attached hydrogens (tertiary/aromatic N) is 4. The van der Waals surface area contributed by atoms with Crippen molar-refractivity contribution < 1.29 is 9.53 Å². The van der Waals surface area contributed by atoms with Crippen molar-refractivity contribution in [3.8, 4) is 5.88 Å². The van der Waals surface area contributed by atoms with Crippen LogP contribution < -0.4 is 4.74 Å². The highest BCUT2D eigenvalue weighted by Crippen LogP contribution is 2.40. The summed E-state index contributed by atoms with van der Waals surface area (Å²) in [6.07, 6.45) is 9.66. The highest BCUT2D eigenvalue weighted by molar-refractivity contribution is 5.94. The Morgan fingerprint density at radius 3 is 2.63 bits per heavy atom. The zero-order valence-corrected chi connectivity index (χ0v) is 17.2. The molecule has 156 valence electrons. The summed E-state index contributed by atoms with van der Waals surface area (Å²) in [6, 6.07) is 8.62. The lowest BCUT2D eigenvalue weighted by atomic mass is 10.0. The van der Waals surface area contributed by atoms with Gasteiger partial charge in [0.05, 0.1) is 18.1 Å². The van der Waals surface area contributed by atoms with Crippen molar-refractivity contribution in [2.45, 2.75) is 56.1 Å². The van der Waals surface area contributed by atoms with Crippen LogP contribution in [0.4, 0.5) is 0 Å². The van der Waals surface area contributed by atoms with Crippen LogP contribution >= 0.6 is 0 Å². The third-order valence-corrected chi connectivity index (χ3v) is 6.98. The lowest BCUT2D eigenvalue weighted by Gasteiger charge is -2.37. The van der Waals surface area contributed by atoms with Crippen LogP contribution in [0.15, 0.2) is 36.7 Å². The van der Waals surface area contributed by atoms with Crippen LogP contribution in [-0.2, 0) is 0 Å². The Hall–Kier alpha value is -2.47. The van der Waals surface area contributed by atoms with Gasteiger partial charge in [-0.2, -0.15) is 0 Å². The van der Waals surface area contributed by atoms with Gasteiger partial charge in [-0.15, -0.1) is 0 Å². The molecule has 6 rings (SSSR count). The van der Waals surface area contributed by atoms with E-state index in [4.69, 9.17) is 4.74 Å². The SMILES string of the molecule is O=C(c1cccc(C2CC2)c1)N1CCN2C[C@H](Oc3cnc(C4CC4)cn3)C[C@H]2C1. The van der Waals surface area contributed by atoms with E-state index in [0.29, 0.717) is 23.8 Å². The van der Waals surface area contributed by atoms with Gasteiger partial charge in [0.1, 0.15) is 6.10 Å². The molecule has 6 heteroatoms. The molecule has 0 unspecified atom stereocenters. The van der Waals surface area contributed by atoms with Gasteiger partial charge in [0.15, 0.2) is 0 Å². The maximum absolute atomic E-state index is 13.1. The maximum atomic E-state index is 13.1. The van der Waals surface area contributed by atoms with Crippen LogP contribution in [0.5, 0.6) is 5.88 Å². The lowest BCUT2D eigenvalue weighted by Crippen LogP contribution is -2.52. The molecule has 6 nitrogen and oxygen atoms in total. The van der Waals surface area contributed by atoms with Crippen LogP contribution in [0, 0.1) is 0 Å². The van der Waals surface area contributed by atoms with Crippen LogP contribution in [0.25, 0.3) is 0 Å². The lowest BCUT2D eigenvalue weighted by molar-refractivity contribution is 0.0569.